The molecule has 0 saturated carbocycles. The number of anilines is 2. The van der Waals surface area contributed by atoms with Gasteiger partial charge in [-0.05, 0) is 54.6 Å². The first kappa shape index (κ1) is 19.2. The lowest BCUT2D eigenvalue weighted by Gasteiger charge is -2.10. The van der Waals surface area contributed by atoms with Gasteiger partial charge < -0.3 is 5.32 Å². The van der Waals surface area contributed by atoms with Crippen molar-refractivity contribution in [3.05, 3.63) is 81.7 Å². The SMILES string of the molecule is Cn1c(=O)c(Sc2ccc(Cl)cc2)cc2cnc(Nc3ccc(C=O)cc3)nc21. The minimum absolute atomic E-state index is 0.141. The largest absolute Gasteiger partial charge is 0.324 e. The molecule has 2 aromatic heterocycles. The third-order valence-corrected chi connectivity index (χ3v) is 5.53. The van der Waals surface area contributed by atoms with Crippen molar-refractivity contribution < 1.29 is 4.79 Å². The van der Waals surface area contributed by atoms with Gasteiger partial charge in [-0.2, -0.15) is 4.98 Å². The van der Waals surface area contributed by atoms with Crippen molar-refractivity contribution in [2.45, 2.75) is 9.79 Å². The van der Waals surface area contributed by atoms with Crippen LogP contribution in [-0.4, -0.2) is 20.8 Å². The first-order valence-corrected chi connectivity index (χ1v) is 9.85. The number of rotatable bonds is 5. The maximum absolute atomic E-state index is 12.8. The number of benzene rings is 2. The van der Waals surface area contributed by atoms with Crippen LogP contribution in [0.4, 0.5) is 11.6 Å². The standard InChI is InChI=1S/C21H15ClN4O2S/c1-26-19-14(10-18(20(26)28)29-17-8-4-15(22)5-9-17)11-23-21(25-19)24-16-6-2-13(12-27)3-7-16/h2-12H,1H3,(H,23,24,25). The van der Waals surface area contributed by atoms with Crippen LogP contribution in [0.1, 0.15) is 10.4 Å². The van der Waals surface area contributed by atoms with E-state index in [0.29, 0.717) is 27.1 Å². The number of aldehydes is 1. The fraction of sp³-hybridized carbons (Fsp3) is 0.0476. The molecule has 4 rings (SSSR count). The van der Waals surface area contributed by atoms with Crippen LogP contribution in [0, 0.1) is 0 Å². The average Bonchev–Trinajstić information content (AvgIpc) is 2.74. The number of fused-ring (bicyclic) bond motifs is 1. The average molecular weight is 423 g/mol. The van der Waals surface area contributed by atoms with Crippen LogP contribution in [0.2, 0.25) is 5.02 Å². The summed E-state index contributed by atoms with van der Waals surface area (Å²) >= 11 is 7.29. The number of carbonyl (C=O) groups is 1. The van der Waals surface area contributed by atoms with Gasteiger partial charge >= 0.3 is 0 Å². The Morgan fingerprint density at radius 3 is 2.52 bits per heavy atom. The van der Waals surface area contributed by atoms with Crippen LogP contribution in [-0.2, 0) is 7.05 Å². The third-order valence-electron chi connectivity index (χ3n) is 4.26. The van der Waals surface area contributed by atoms with Gasteiger partial charge in [0.2, 0.25) is 5.95 Å². The van der Waals surface area contributed by atoms with E-state index in [9.17, 15) is 9.59 Å². The number of halogens is 1. The fourth-order valence-corrected chi connectivity index (χ4v) is 3.82. The molecule has 0 fully saturated rings. The summed E-state index contributed by atoms with van der Waals surface area (Å²) < 4.78 is 1.51. The molecule has 0 saturated heterocycles. The summed E-state index contributed by atoms with van der Waals surface area (Å²) in [6.07, 6.45) is 2.46. The van der Waals surface area contributed by atoms with Crippen LogP contribution >= 0.6 is 23.4 Å². The molecule has 0 aliphatic carbocycles. The summed E-state index contributed by atoms with van der Waals surface area (Å²) in [5.74, 6) is 0.365. The van der Waals surface area contributed by atoms with Gasteiger partial charge in [0.25, 0.3) is 5.56 Å². The van der Waals surface area contributed by atoms with E-state index < -0.39 is 0 Å². The van der Waals surface area contributed by atoms with Gasteiger partial charge in [-0.3, -0.25) is 14.2 Å². The van der Waals surface area contributed by atoms with Crippen molar-refractivity contribution in [3.63, 3.8) is 0 Å². The quantitative estimate of drug-likeness (QED) is 0.470. The molecule has 144 valence electrons. The highest BCUT2D eigenvalue weighted by Crippen LogP contribution is 2.28. The van der Waals surface area contributed by atoms with Gasteiger partial charge in [0.15, 0.2) is 0 Å². The Morgan fingerprint density at radius 1 is 1.10 bits per heavy atom. The molecule has 0 aliphatic heterocycles. The van der Waals surface area contributed by atoms with Crippen molar-refractivity contribution in [1.29, 1.82) is 0 Å². The van der Waals surface area contributed by atoms with Gasteiger partial charge in [-0.25, -0.2) is 4.98 Å². The molecule has 0 radical (unpaired) electrons. The van der Waals surface area contributed by atoms with Gasteiger partial charge in [0.05, 0.1) is 4.90 Å². The van der Waals surface area contributed by atoms with Crippen LogP contribution in [0.3, 0.4) is 0 Å². The molecule has 0 atom stereocenters. The summed E-state index contributed by atoms with van der Waals surface area (Å²) in [4.78, 5) is 33.9. The van der Waals surface area contributed by atoms with E-state index in [2.05, 4.69) is 15.3 Å². The molecule has 4 aromatic rings. The Balaban J connectivity index is 1.66. The Morgan fingerprint density at radius 2 is 1.83 bits per heavy atom. The number of pyridine rings is 1. The zero-order valence-corrected chi connectivity index (χ0v) is 16.9. The molecule has 2 aromatic carbocycles. The molecule has 2 heterocycles. The number of hydrogen-bond donors (Lipinski definition) is 1. The maximum Gasteiger partial charge on any atom is 0.265 e. The molecule has 0 amide bonds. The summed E-state index contributed by atoms with van der Waals surface area (Å²) in [5.41, 5.74) is 1.72. The molecule has 6 nitrogen and oxygen atoms in total. The number of aromatic nitrogens is 3. The Labute approximate surface area is 175 Å². The summed E-state index contributed by atoms with van der Waals surface area (Å²) in [6, 6.07) is 16.0. The zero-order chi connectivity index (χ0) is 20.4. The zero-order valence-electron chi connectivity index (χ0n) is 15.3. The smallest absolute Gasteiger partial charge is 0.265 e. The number of nitrogens with one attached hydrogen (secondary N) is 1. The van der Waals surface area contributed by atoms with E-state index >= 15 is 0 Å². The van der Waals surface area contributed by atoms with Crippen LogP contribution in [0.5, 0.6) is 0 Å². The van der Waals surface area contributed by atoms with E-state index in [-0.39, 0.29) is 5.56 Å². The Bertz CT molecular complexity index is 1250. The van der Waals surface area contributed by atoms with Crippen LogP contribution < -0.4 is 10.9 Å². The Kier molecular flexibility index (Phi) is 5.33. The number of hydrogen-bond acceptors (Lipinski definition) is 6. The Hall–Kier alpha value is -3.16. The fourth-order valence-electron chi connectivity index (χ4n) is 2.75. The molecular formula is C21H15ClN4O2S. The second kappa shape index (κ2) is 8.06. The highest BCUT2D eigenvalue weighted by molar-refractivity contribution is 7.99. The number of aryl methyl sites for hydroxylation is 1. The van der Waals surface area contributed by atoms with Crippen molar-refractivity contribution in [1.82, 2.24) is 14.5 Å². The van der Waals surface area contributed by atoms with E-state index in [1.54, 1.807) is 55.7 Å². The van der Waals surface area contributed by atoms with Gasteiger partial charge in [0, 0.05) is 39.8 Å². The van der Waals surface area contributed by atoms with Crippen LogP contribution in [0.25, 0.3) is 11.0 Å². The highest BCUT2D eigenvalue weighted by atomic mass is 35.5. The van der Waals surface area contributed by atoms with E-state index in [1.807, 2.05) is 12.1 Å². The topological polar surface area (TPSA) is 76.9 Å². The second-order valence-electron chi connectivity index (χ2n) is 6.27. The first-order chi connectivity index (χ1) is 14.0. The van der Waals surface area contributed by atoms with Crippen molar-refractivity contribution in [2.75, 3.05) is 5.32 Å². The first-order valence-electron chi connectivity index (χ1n) is 8.66. The minimum Gasteiger partial charge on any atom is -0.324 e. The van der Waals surface area contributed by atoms with E-state index in [0.717, 1.165) is 22.3 Å². The van der Waals surface area contributed by atoms with Gasteiger partial charge in [0.1, 0.15) is 11.9 Å². The van der Waals surface area contributed by atoms with E-state index in [4.69, 9.17) is 11.6 Å². The lowest BCUT2D eigenvalue weighted by atomic mass is 10.2. The second-order valence-corrected chi connectivity index (χ2v) is 7.82. The molecule has 0 aliphatic rings. The maximum atomic E-state index is 12.8. The molecule has 0 unspecified atom stereocenters. The van der Waals surface area contributed by atoms with Crippen molar-refractivity contribution in [3.8, 4) is 0 Å². The lowest BCUT2D eigenvalue weighted by Crippen LogP contribution is -2.19. The third kappa shape index (κ3) is 4.16. The minimum atomic E-state index is -0.141. The predicted octanol–water partition coefficient (Wildman–Crippen LogP) is 4.69. The van der Waals surface area contributed by atoms with E-state index in [1.165, 1.54) is 16.3 Å². The molecule has 1 N–H and O–H groups in total. The number of carbonyl (C=O) groups excluding carboxylic acids is 1. The molecular weight excluding hydrogens is 408 g/mol. The van der Waals surface area contributed by atoms with Gasteiger partial charge in [-0.1, -0.05) is 23.4 Å². The normalized spacial score (nSPS) is 10.8. The van der Waals surface area contributed by atoms with Crippen molar-refractivity contribution in [2.24, 2.45) is 7.05 Å². The molecule has 29 heavy (non-hydrogen) atoms. The van der Waals surface area contributed by atoms with Gasteiger partial charge in [-0.15, -0.1) is 0 Å². The van der Waals surface area contributed by atoms with Crippen molar-refractivity contribution >= 4 is 52.3 Å². The summed E-state index contributed by atoms with van der Waals surface area (Å²) in [7, 11) is 1.69. The van der Waals surface area contributed by atoms with Crippen LogP contribution in [0.15, 0.2) is 75.4 Å². The molecule has 0 spiro atoms. The summed E-state index contributed by atoms with van der Waals surface area (Å²) in [6.45, 7) is 0. The highest BCUT2D eigenvalue weighted by Gasteiger charge is 2.11. The predicted molar refractivity (Wildman–Crippen MR) is 115 cm³/mol. The molecule has 0 bridgehead atoms. The number of nitrogens with zero attached hydrogens (tertiary/aromatic N) is 3. The molecule has 8 heteroatoms. The monoisotopic (exact) mass is 422 g/mol. The summed E-state index contributed by atoms with van der Waals surface area (Å²) in [5, 5.41) is 4.49. The lowest BCUT2D eigenvalue weighted by molar-refractivity contribution is 0.112.